The van der Waals surface area contributed by atoms with Crippen LogP contribution in [-0.4, -0.2) is 31.0 Å². The molecule has 0 bridgehead atoms. The fraction of sp³-hybridized carbons (Fsp3) is 0.333. The van der Waals surface area contributed by atoms with Gasteiger partial charge in [-0.25, -0.2) is 9.97 Å². The summed E-state index contributed by atoms with van der Waals surface area (Å²) < 4.78 is 10.0. The highest BCUT2D eigenvalue weighted by Gasteiger charge is 2.25. The Labute approximate surface area is 174 Å². The van der Waals surface area contributed by atoms with Crippen LogP contribution in [0.3, 0.4) is 0 Å². The Morgan fingerprint density at radius 2 is 1.93 bits per heavy atom. The van der Waals surface area contributed by atoms with Crippen molar-refractivity contribution < 1.29 is 4.74 Å². The van der Waals surface area contributed by atoms with Crippen molar-refractivity contribution in [2.75, 3.05) is 7.11 Å². The van der Waals surface area contributed by atoms with Gasteiger partial charge in [-0.3, -0.25) is 4.40 Å². The van der Waals surface area contributed by atoms with Gasteiger partial charge in [0.2, 0.25) is 0 Å². The first-order valence-electron chi connectivity index (χ1n) is 10.7. The molecule has 1 aliphatic carbocycles. The SMILES string of the molecule is COc1ccc2c(c1)c(-c1nc(C3CCCCC3)n3c1cnc1[nH]ccc13)cn2C. The van der Waals surface area contributed by atoms with Crippen LogP contribution >= 0.6 is 0 Å². The standard InChI is InChI=1S/C24H25N5O/c1-28-14-18(17-12-16(30-2)8-9-19(17)28)22-21-13-26-23-20(10-11-25-23)29(21)24(27-22)15-6-4-3-5-7-15/h8-15,25H,3-7H2,1-2H3. The number of methoxy groups -OCH3 is 1. The van der Waals surface area contributed by atoms with Gasteiger partial charge in [-0.15, -0.1) is 0 Å². The number of aromatic nitrogens is 5. The molecular formula is C24H25N5O. The monoisotopic (exact) mass is 399 g/mol. The van der Waals surface area contributed by atoms with Crippen LogP contribution in [0, 0.1) is 0 Å². The molecule has 152 valence electrons. The minimum atomic E-state index is 0.491. The van der Waals surface area contributed by atoms with Gasteiger partial charge in [0.25, 0.3) is 0 Å². The number of aromatic amines is 1. The lowest BCUT2D eigenvalue weighted by atomic mass is 9.89. The number of nitrogens with zero attached hydrogens (tertiary/aromatic N) is 4. The Morgan fingerprint density at radius 1 is 1.07 bits per heavy atom. The largest absolute Gasteiger partial charge is 0.497 e. The first kappa shape index (κ1) is 17.6. The maximum Gasteiger partial charge on any atom is 0.154 e. The Hall–Kier alpha value is -3.28. The minimum Gasteiger partial charge on any atom is -0.497 e. The highest BCUT2D eigenvalue weighted by atomic mass is 16.5. The third-order valence-corrected chi connectivity index (χ3v) is 6.62. The molecule has 0 atom stereocenters. The number of nitrogens with one attached hydrogen (secondary N) is 1. The Bertz CT molecular complexity index is 1380. The van der Waals surface area contributed by atoms with Gasteiger partial charge in [0.15, 0.2) is 5.65 Å². The van der Waals surface area contributed by atoms with E-state index in [1.165, 1.54) is 43.4 Å². The zero-order valence-electron chi connectivity index (χ0n) is 17.4. The quantitative estimate of drug-likeness (QED) is 0.440. The lowest BCUT2D eigenvalue weighted by molar-refractivity contribution is 0.415. The first-order valence-corrected chi connectivity index (χ1v) is 10.7. The van der Waals surface area contributed by atoms with E-state index < -0.39 is 0 Å². The third kappa shape index (κ3) is 2.49. The third-order valence-electron chi connectivity index (χ3n) is 6.62. The number of H-pyrrole nitrogens is 1. The molecule has 1 aliphatic rings. The van der Waals surface area contributed by atoms with Crippen molar-refractivity contribution in [1.29, 1.82) is 0 Å². The van der Waals surface area contributed by atoms with E-state index in [9.17, 15) is 0 Å². The van der Waals surface area contributed by atoms with Crippen LogP contribution in [-0.2, 0) is 7.05 Å². The van der Waals surface area contributed by atoms with Crippen LogP contribution in [0.15, 0.2) is 42.9 Å². The van der Waals surface area contributed by atoms with Crippen molar-refractivity contribution in [3.63, 3.8) is 0 Å². The Morgan fingerprint density at radius 3 is 2.77 bits per heavy atom. The second-order valence-electron chi connectivity index (χ2n) is 8.38. The average molecular weight is 399 g/mol. The maximum absolute atomic E-state index is 5.51. The van der Waals surface area contributed by atoms with Gasteiger partial charge in [-0.2, -0.15) is 0 Å². The van der Waals surface area contributed by atoms with Crippen LogP contribution in [0.25, 0.3) is 38.8 Å². The second kappa shape index (κ2) is 6.62. The summed E-state index contributed by atoms with van der Waals surface area (Å²) in [6.45, 7) is 0. The van der Waals surface area contributed by atoms with Gasteiger partial charge < -0.3 is 14.3 Å². The number of ether oxygens (including phenoxy) is 1. The fourth-order valence-electron chi connectivity index (χ4n) is 5.10. The summed E-state index contributed by atoms with van der Waals surface area (Å²) in [5, 5.41) is 1.15. The van der Waals surface area contributed by atoms with E-state index in [0.29, 0.717) is 5.92 Å². The molecule has 30 heavy (non-hydrogen) atoms. The molecule has 4 heterocycles. The number of fused-ring (bicyclic) bond motifs is 4. The average Bonchev–Trinajstić information content (AvgIpc) is 3.49. The molecule has 0 unspecified atom stereocenters. The topological polar surface area (TPSA) is 60.1 Å². The number of rotatable bonds is 3. The molecule has 1 fully saturated rings. The Balaban J connectivity index is 1.67. The van der Waals surface area contributed by atoms with Crippen molar-refractivity contribution >= 4 is 27.6 Å². The molecule has 0 saturated heterocycles. The molecule has 6 nitrogen and oxygen atoms in total. The summed E-state index contributed by atoms with van der Waals surface area (Å²) in [6.07, 6.45) is 12.4. The van der Waals surface area contributed by atoms with E-state index in [0.717, 1.165) is 39.1 Å². The van der Waals surface area contributed by atoms with Crippen LogP contribution in [0.4, 0.5) is 0 Å². The summed E-state index contributed by atoms with van der Waals surface area (Å²) in [7, 11) is 3.80. The molecule has 6 heteroatoms. The van der Waals surface area contributed by atoms with E-state index in [1.807, 2.05) is 18.5 Å². The zero-order valence-corrected chi connectivity index (χ0v) is 17.4. The number of imidazole rings is 1. The number of hydrogen-bond donors (Lipinski definition) is 1. The summed E-state index contributed by atoms with van der Waals surface area (Å²) in [5.74, 6) is 2.52. The second-order valence-corrected chi connectivity index (χ2v) is 8.38. The van der Waals surface area contributed by atoms with Crippen molar-refractivity contribution in [3.8, 4) is 17.0 Å². The van der Waals surface area contributed by atoms with E-state index in [1.54, 1.807) is 7.11 Å². The van der Waals surface area contributed by atoms with Crippen molar-refractivity contribution in [2.45, 2.75) is 38.0 Å². The van der Waals surface area contributed by atoms with Crippen molar-refractivity contribution in [3.05, 3.63) is 48.7 Å². The lowest BCUT2D eigenvalue weighted by Crippen LogP contribution is -2.09. The molecule has 6 rings (SSSR count). The first-order chi connectivity index (χ1) is 14.7. The molecule has 1 N–H and O–H groups in total. The van der Waals surface area contributed by atoms with Gasteiger partial charge in [-0.05, 0) is 37.1 Å². The van der Waals surface area contributed by atoms with Crippen LogP contribution < -0.4 is 4.74 Å². The molecule has 1 aromatic carbocycles. The molecule has 5 aromatic rings. The van der Waals surface area contributed by atoms with Crippen molar-refractivity contribution in [2.24, 2.45) is 7.05 Å². The smallest absolute Gasteiger partial charge is 0.154 e. The van der Waals surface area contributed by atoms with Crippen LogP contribution in [0.1, 0.15) is 43.8 Å². The van der Waals surface area contributed by atoms with Crippen LogP contribution in [0.2, 0.25) is 0 Å². The van der Waals surface area contributed by atoms with E-state index in [-0.39, 0.29) is 0 Å². The summed E-state index contributed by atoms with van der Waals surface area (Å²) in [6, 6.07) is 8.34. The van der Waals surface area contributed by atoms with E-state index >= 15 is 0 Å². The summed E-state index contributed by atoms with van der Waals surface area (Å²) in [4.78, 5) is 13.2. The van der Waals surface area contributed by atoms with Crippen LogP contribution in [0.5, 0.6) is 5.75 Å². The molecule has 0 amide bonds. The fourth-order valence-corrected chi connectivity index (χ4v) is 5.10. The number of aryl methyl sites for hydroxylation is 1. The normalized spacial score (nSPS) is 15.5. The van der Waals surface area contributed by atoms with Gasteiger partial charge in [0.05, 0.1) is 24.3 Å². The molecular weight excluding hydrogens is 374 g/mol. The predicted molar refractivity (Wildman–Crippen MR) is 119 cm³/mol. The van der Waals surface area contributed by atoms with E-state index in [2.05, 4.69) is 50.4 Å². The highest BCUT2D eigenvalue weighted by Crippen LogP contribution is 2.39. The van der Waals surface area contributed by atoms with Gasteiger partial charge >= 0.3 is 0 Å². The number of benzene rings is 1. The zero-order chi connectivity index (χ0) is 20.2. The van der Waals surface area contributed by atoms with E-state index in [4.69, 9.17) is 9.72 Å². The number of hydrogen-bond acceptors (Lipinski definition) is 3. The molecule has 0 aliphatic heterocycles. The minimum absolute atomic E-state index is 0.491. The molecule has 0 radical (unpaired) electrons. The lowest BCUT2D eigenvalue weighted by Gasteiger charge is -2.20. The molecule has 0 spiro atoms. The van der Waals surface area contributed by atoms with Gasteiger partial charge in [0, 0.05) is 41.8 Å². The molecule has 1 saturated carbocycles. The molecule has 4 aromatic heterocycles. The Kier molecular flexibility index (Phi) is 3.88. The highest BCUT2D eigenvalue weighted by molar-refractivity contribution is 6.00. The predicted octanol–water partition coefficient (Wildman–Crippen LogP) is 5.43. The van der Waals surface area contributed by atoms with Gasteiger partial charge in [0.1, 0.15) is 17.3 Å². The van der Waals surface area contributed by atoms with Gasteiger partial charge in [-0.1, -0.05) is 19.3 Å². The van der Waals surface area contributed by atoms with Crippen molar-refractivity contribution in [1.82, 2.24) is 23.9 Å². The summed E-state index contributed by atoms with van der Waals surface area (Å²) >= 11 is 0. The summed E-state index contributed by atoms with van der Waals surface area (Å²) in [5.41, 5.74) is 6.38. The maximum atomic E-state index is 5.51.